The second-order valence-corrected chi connectivity index (χ2v) is 6.86. The number of rotatable bonds is 7. The van der Waals surface area contributed by atoms with E-state index in [4.69, 9.17) is 9.73 Å². The van der Waals surface area contributed by atoms with Crippen LogP contribution in [0.2, 0.25) is 0 Å². The van der Waals surface area contributed by atoms with Crippen LogP contribution in [0.15, 0.2) is 4.99 Å². The summed E-state index contributed by atoms with van der Waals surface area (Å²) in [5, 5.41) is 6.87. The van der Waals surface area contributed by atoms with Crippen LogP contribution >= 0.6 is 24.0 Å². The third-order valence-electron chi connectivity index (χ3n) is 5.16. The summed E-state index contributed by atoms with van der Waals surface area (Å²) in [6, 6.07) is 0. The Morgan fingerprint density at radius 3 is 2.42 bits per heavy atom. The lowest BCUT2D eigenvalue weighted by atomic mass is 9.80. The molecule has 0 aromatic carbocycles. The number of ether oxygens (including phenoxy) is 1. The van der Waals surface area contributed by atoms with Crippen LogP contribution in [0.25, 0.3) is 0 Å². The Bertz CT molecular complexity index is 353. The fourth-order valence-electron chi connectivity index (χ4n) is 3.77. The molecule has 0 unspecified atom stereocenters. The van der Waals surface area contributed by atoms with Gasteiger partial charge in [0.25, 0.3) is 0 Å². The van der Waals surface area contributed by atoms with Crippen LogP contribution in [0.4, 0.5) is 0 Å². The molecule has 0 radical (unpaired) electrons. The molecule has 1 aliphatic heterocycles. The van der Waals surface area contributed by atoms with E-state index in [1.807, 2.05) is 0 Å². The Morgan fingerprint density at radius 2 is 1.79 bits per heavy atom. The molecule has 1 heterocycles. The van der Waals surface area contributed by atoms with Gasteiger partial charge in [-0.2, -0.15) is 0 Å². The average molecular weight is 452 g/mol. The van der Waals surface area contributed by atoms with Gasteiger partial charge < -0.3 is 15.4 Å². The Balaban J connectivity index is 0.00000288. The van der Waals surface area contributed by atoms with Crippen molar-refractivity contribution < 1.29 is 4.74 Å². The maximum atomic E-state index is 5.56. The van der Waals surface area contributed by atoms with Gasteiger partial charge in [0.1, 0.15) is 0 Å². The van der Waals surface area contributed by atoms with Crippen LogP contribution < -0.4 is 10.6 Å². The highest BCUT2D eigenvalue weighted by molar-refractivity contribution is 14.0. The minimum atomic E-state index is 0. The molecular weight excluding hydrogens is 415 g/mol. The van der Waals surface area contributed by atoms with Crippen LogP contribution in [0.5, 0.6) is 0 Å². The van der Waals surface area contributed by atoms with Gasteiger partial charge in [-0.05, 0) is 26.2 Å². The normalized spacial score (nSPS) is 21.8. The second kappa shape index (κ2) is 12.3. The van der Waals surface area contributed by atoms with Gasteiger partial charge >= 0.3 is 0 Å². The SMILES string of the molecule is CCCCNC(=NCC1(N2CCOCC2)CCCCC1)NCC.I. The highest BCUT2D eigenvalue weighted by Crippen LogP contribution is 2.34. The van der Waals surface area contributed by atoms with Crippen molar-refractivity contribution in [3.05, 3.63) is 0 Å². The molecule has 5 nitrogen and oxygen atoms in total. The van der Waals surface area contributed by atoms with E-state index in [0.717, 1.165) is 51.9 Å². The number of guanidine groups is 1. The fraction of sp³-hybridized carbons (Fsp3) is 0.944. The zero-order chi connectivity index (χ0) is 16.4. The lowest BCUT2D eigenvalue weighted by Gasteiger charge is -2.47. The first-order chi connectivity index (χ1) is 11.3. The monoisotopic (exact) mass is 452 g/mol. The number of nitrogens with zero attached hydrogens (tertiary/aromatic N) is 2. The van der Waals surface area contributed by atoms with Crippen molar-refractivity contribution in [2.75, 3.05) is 45.9 Å². The van der Waals surface area contributed by atoms with Gasteiger partial charge in [0.15, 0.2) is 5.96 Å². The number of unbranched alkanes of at least 4 members (excludes halogenated alkanes) is 1. The highest BCUT2D eigenvalue weighted by atomic mass is 127. The van der Waals surface area contributed by atoms with E-state index in [0.29, 0.717) is 0 Å². The Kier molecular flexibility index (Phi) is 11.3. The van der Waals surface area contributed by atoms with Crippen LogP contribution in [-0.2, 0) is 4.74 Å². The number of hydrogen-bond donors (Lipinski definition) is 2. The molecule has 0 bridgehead atoms. The van der Waals surface area contributed by atoms with Crippen molar-refractivity contribution in [1.29, 1.82) is 0 Å². The Hall–Kier alpha value is -0.0800. The van der Waals surface area contributed by atoms with E-state index in [2.05, 4.69) is 29.4 Å². The molecule has 1 saturated carbocycles. The zero-order valence-corrected chi connectivity index (χ0v) is 17.9. The molecule has 1 saturated heterocycles. The van der Waals surface area contributed by atoms with Gasteiger partial charge in [0.2, 0.25) is 0 Å². The Morgan fingerprint density at radius 1 is 1.08 bits per heavy atom. The predicted octanol–water partition coefficient (Wildman–Crippen LogP) is 2.99. The van der Waals surface area contributed by atoms with Gasteiger partial charge in [-0.25, -0.2) is 0 Å². The highest BCUT2D eigenvalue weighted by Gasteiger charge is 2.38. The molecule has 6 heteroatoms. The van der Waals surface area contributed by atoms with E-state index in [1.165, 1.54) is 44.9 Å². The van der Waals surface area contributed by atoms with Crippen LogP contribution in [0.1, 0.15) is 58.8 Å². The van der Waals surface area contributed by atoms with Gasteiger partial charge in [-0.1, -0.05) is 32.6 Å². The number of nitrogens with one attached hydrogen (secondary N) is 2. The van der Waals surface area contributed by atoms with E-state index in [1.54, 1.807) is 0 Å². The summed E-state index contributed by atoms with van der Waals surface area (Å²) in [5.74, 6) is 0.985. The summed E-state index contributed by atoms with van der Waals surface area (Å²) in [7, 11) is 0. The van der Waals surface area contributed by atoms with Crippen molar-refractivity contribution >= 4 is 29.9 Å². The van der Waals surface area contributed by atoms with E-state index in [-0.39, 0.29) is 29.5 Å². The molecule has 2 N–H and O–H groups in total. The molecule has 0 amide bonds. The van der Waals surface area contributed by atoms with Gasteiger partial charge in [-0.3, -0.25) is 9.89 Å². The standard InChI is InChI=1S/C18H36N4O.HI/c1-3-5-11-20-17(19-4-2)21-16-18(9-7-6-8-10-18)22-12-14-23-15-13-22;/h3-16H2,1-2H3,(H2,19,20,21);1H. The summed E-state index contributed by atoms with van der Waals surface area (Å²) in [6.45, 7) is 11.1. The summed E-state index contributed by atoms with van der Waals surface area (Å²) < 4.78 is 5.56. The first-order valence-corrected chi connectivity index (χ1v) is 9.66. The molecule has 0 aromatic heterocycles. The summed E-state index contributed by atoms with van der Waals surface area (Å²) in [6.07, 6.45) is 9.03. The molecule has 0 spiro atoms. The van der Waals surface area contributed by atoms with E-state index >= 15 is 0 Å². The molecular formula is C18H37IN4O. The molecule has 142 valence electrons. The van der Waals surface area contributed by atoms with Crippen molar-refractivity contribution in [2.45, 2.75) is 64.3 Å². The van der Waals surface area contributed by atoms with E-state index in [9.17, 15) is 0 Å². The molecule has 24 heavy (non-hydrogen) atoms. The van der Waals surface area contributed by atoms with Crippen molar-refractivity contribution in [3.8, 4) is 0 Å². The van der Waals surface area contributed by atoms with Crippen LogP contribution in [-0.4, -0.2) is 62.3 Å². The maximum Gasteiger partial charge on any atom is 0.191 e. The quantitative estimate of drug-likeness (QED) is 0.270. The first kappa shape index (κ1) is 22.0. The smallest absolute Gasteiger partial charge is 0.191 e. The van der Waals surface area contributed by atoms with Crippen molar-refractivity contribution in [1.82, 2.24) is 15.5 Å². The maximum absolute atomic E-state index is 5.56. The molecule has 0 aromatic rings. The van der Waals surface area contributed by atoms with Gasteiger partial charge in [0, 0.05) is 31.7 Å². The largest absolute Gasteiger partial charge is 0.379 e. The lowest BCUT2D eigenvalue weighted by Crippen LogP contribution is -2.56. The van der Waals surface area contributed by atoms with Gasteiger partial charge in [0.05, 0.1) is 19.8 Å². The topological polar surface area (TPSA) is 48.9 Å². The Labute approximate surface area is 165 Å². The van der Waals surface area contributed by atoms with Crippen molar-refractivity contribution in [3.63, 3.8) is 0 Å². The zero-order valence-electron chi connectivity index (χ0n) is 15.6. The lowest BCUT2D eigenvalue weighted by molar-refractivity contribution is -0.0333. The molecule has 2 aliphatic rings. The molecule has 0 atom stereocenters. The van der Waals surface area contributed by atoms with Crippen LogP contribution in [0, 0.1) is 0 Å². The van der Waals surface area contributed by atoms with E-state index < -0.39 is 0 Å². The van der Waals surface area contributed by atoms with Crippen molar-refractivity contribution in [2.24, 2.45) is 4.99 Å². The molecule has 2 rings (SSSR count). The fourth-order valence-corrected chi connectivity index (χ4v) is 3.77. The second-order valence-electron chi connectivity index (χ2n) is 6.86. The molecule has 1 aliphatic carbocycles. The predicted molar refractivity (Wildman–Crippen MR) is 113 cm³/mol. The minimum absolute atomic E-state index is 0. The number of hydrogen-bond acceptors (Lipinski definition) is 3. The average Bonchev–Trinajstić information content (AvgIpc) is 2.61. The third-order valence-corrected chi connectivity index (χ3v) is 5.16. The summed E-state index contributed by atoms with van der Waals surface area (Å²) >= 11 is 0. The number of halogens is 1. The third kappa shape index (κ3) is 6.67. The summed E-state index contributed by atoms with van der Waals surface area (Å²) in [5.41, 5.74) is 0.259. The van der Waals surface area contributed by atoms with Gasteiger partial charge in [-0.15, -0.1) is 24.0 Å². The first-order valence-electron chi connectivity index (χ1n) is 9.66. The number of aliphatic imine (C=N–C) groups is 1. The van der Waals surface area contributed by atoms with Crippen LogP contribution in [0.3, 0.4) is 0 Å². The molecule has 2 fully saturated rings. The summed E-state index contributed by atoms with van der Waals surface area (Å²) in [4.78, 5) is 7.63. The number of morpholine rings is 1. The minimum Gasteiger partial charge on any atom is -0.379 e.